The van der Waals surface area contributed by atoms with Gasteiger partial charge in [0, 0.05) is 12.0 Å². The maximum Gasteiger partial charge on any atom is 0.255 e. The molecule has 1 aromatic carbocycles. The lowest BCUT2D eigenvalue weighted by Gasteiger charge is -2.30. The average molecular weight is 286 g/mol. The Morgan fingerprint density at radius 2 is 2.00 bits per heavy atom. The van der Waals surface area contributed by atoms with Crippen molar-refractivity contribution in [2.75, 3.05) is 13.1 Å². The lowest BCUT2D eigenvalue weighted by atomic mass is 9.79. The zero-order valence-electron chi connectivity index (χ0n) is 11.2. The lowest BCUT2D eigenvalue weighted by Crippen LogP contribution is -2.40. The molecule has 19 heavy (non-hydrogen) atoms. The molecule has 0 aliphatic carbocycles. The van der Waals surface area contributed by atoms with Crippen molar-refractivity contribution in [2.24, 2.45) is 5.41 Å². The van der Waals surface area contributed by atoms with Crippen LogP contribution in [0.15, 0.2) is 18.2 Å². The van der Waals surface area contributed by atoms with E-state index >= 15 is 0 Å². The highest BCUT2D eigenvalue weighted by atomic mass is 35.5. The first-order valence-corrected chi connectivity index (χ1v) is 6.48. The Kier molecular flexibility index (Phi) is 3.35. The molecule has 1 amide bonds. The lowest BCUT2D eigenvalue weighted by molar-refractivity contribution is -0.0108. The van der Waals surface area contributed by atoms with Crippen LogP contribution in [0.4, 0.5) is 4.39 Å². The van der Waals surface area contributed by atoms with Crippen LogP contribution in [-0.4, -0.2) is 34.6 Å². The fourth-order valence-corrected chi connectivity index (χ4v) is 2.51. The second-order valence-electron chi connectivity index (χ2n) is 5.94. The van der Waals surface area contributed by atoms with Crippen LogP contribution in [0.5, 0.6) is 0 Å². The van der Waals surface area contributed by atoms with E-state index in [2.05, 4.69) is 0 Å². The molecule has 1 aliphatic rings. The smallest absolute Gasteiger partial charge is 0.255 e. The molecule has 0 radical (unpaired) electrons. The third-order valence-corrected chi connectivity index (χ3v) is 4.30. The molecule has 0 unspecified atom stereocenters. The quantitative estimate of drug-likeness (QED) is 0.862. The van der Waals surface area contributed by atoms with Crippen LogP contribution in [-0.2, 0) is 0 Å². The summed E-state index contributed by atoms with van der Waals surface area (Å²) in [5.41, 5.74) is -1.08. The van der Waals surface area contributed by atoms with Crippen molar-refractivity contribution in [3.05, 3.63) is 34.6 Å². The van der Waals surface area contributed by atoms with E-state index in [4.69, 9.17) is 11.6 Å². The van der Waals surface area contributed by atoms with E-state index < -0.39 is 16.8 Å². The number of carbonyl (C=O) groups excluding carboxylic acids is 1. The molecule has 1 aromatic rings. The molecule has 0 aromatic heterocycles. The van der Waals surface area contributed by atoms with E-state index in [-0.39, 0.29) is 23.0 Å². The minimum atomic E-state index is -0.949. The molecule has 0 saturated carbocycles. The zero-order valence-corrected chi connectivity index (χ0v) is 12.0. The van der Waals surface area contributed by atoms with E-state index in [1.54, 1.807) is 11.8 Å². The third kappa shape index (κ3) is 2.47. The van der Waals surface area contributed by atoms with Gasteiger partial charge in [-0.2, -0.15) is 0 Å². The SMILES string of the molecule is CC1(C)CN(C(=O)c2ccc(F)cc2Cl)C[C@]1(C)O. The van der Waals surface area contributed by atoms with Crippen molar-refractivity contribution >= 4 is 17.5 Å². The molecule has 1 heterocycles. The molecule has 104 valence electrons. The summed E-state index contributed by atoms with van der Waals surface area (Å²) in [6, 6.07) is 3.70. The van der Waals surface area contributed by atoms with Crippen LogP contribution in [0.3, 0.4) is 0 Å². The molecule has 0 bridgehead atoms. The van der Waals surface area contributed by atoms with E-state index in [0.717, 1.165) is 6.07 Å². The number of β-amino-alcohol motifs (C(OH)–C–C–N with tert-alkyl or cyclic N) is 1. The fraction of sp³-hybridized carbons (Fsp3) is 0.500. The van der Waals surface area contributed by atoms with Crippen molar-refractivity contribution in [2.45, 2.75) is 26.4 Å². The summed E-state index contributed by atoms with van der Waals surface area (Å²) in [4.78, 5) is 13.9. The van der Waals surface area contributed by atoms with Crippen LogP contribution in [0.1, 0.15) is 31.1 Å². The van der Waals surface area contributed by atoms with Crippen LogP contribution in [0.2, 0.25) is 5.02 Å². The first-order valence-electron chi connectivity index (χ1n) is 6.11. The third-order valence-electron chi connectivity index (χ3n) is 3.99. The van der Waals surface area contributed by atoms with E-state index in [1.807, 2.05) is 13.8 Å². The first-order chi connectivity index (χ1) is 8.64. The number of nitrogens with zero attached hydrogens (tertiary/aromatic N) is 1. The monoisotopic (exact) mass is 285 g/mol. The number of rotatable bonds is 1. The van der Waals surface area contributed by atoms with E-state index in [1.165, 1.54) is 12.1 Å². The Labute approximate surface area is 117 Å². The van der Waals surface area contributed by atoms with Gasteiger partial charge in [0.2, 0.25) is 0 Å². The largest absolute Gasteiger partial charge is 0.388 e. The van der Waals surface area contributed by atoms with E-state index in [0.29, 0.717) is 6.54 Å². The highest BCUT2D eigenvalue weighted by Gasteiger charge is 2.49. The number of likely N-dealkylation sites (tertiary alicyclic amines) is 1. The molecule has 1 N–H and O–H groups in total. The van der Waals surface area contributed by atoms with Crippen LogP contribution in [0.25, 0.3) is 0 Å². The summed E-state index contributed by atoms with van der Waals surface area (Å²) >= 11 is 5.89. The number of amides is 1. The van der Waals surface area contributed by atoms with Crippen LogP contribution >= 0.6 is 11.6 Å². The van der Waals surface area contributed by atoms with Crippen molar-refractivity contribution < 1.29 is 14.3 Å². The van der Waals surface area contributed by atoms with Crippen LogP contribution < -0.4 is 0 Å². The number of aliphatic hydroxyl groups is 1. The number of halogens is 2. The van der Waals surface area contributed by atoms with Gasteiger partial charge in [0.1, 0.15) is 5.82 Å². The Balaban J connectivity index is 2.27. The van der Waals surface area contributed by atoms with E-state index in [9.17, 15) is 14.3 Å². The normalized spacial score (nSPS) is 25.7. The van der Waals surface area contributed by atoms with Gasteiger partial charge in [-0.1, -0.05) is 25.4 Å². The minimum Gasteiger partial charge on any atom is -0.388 e. The van der Waals surface area contributed by atoms with Gasteiger partial charge in [0.25, 0.3) is 5.91 Å². The molecule has 1 fully saturated rings. The minimum absolute atomic E-state index is 0.0920. The van der Waals surface area contributed by atoms with Crippen molar-refractivity contribution in [1.29, 1.82) is 0 Å². The van der Waals surface area contributed by atoms with Crippen LogP contribution in [0, 0.1) is 11.2 Å². The first kappa shape index (κ1) is 14.3. The van der Waals surface area contributed by atoms with Gasteiger partial charge in [0.05, 0.1) is 22.7 Å². The molecule has 1 atom stereocenters. The zero-order chi connectivity index (χ0) is 14.4. The molecule has 5 heteroatoms. The number of benzene rings is 1. The highest BCUT2D eigenvalue weighted by Crippen LogP contribution is 2.39. The van der Waals surface area contributed by atoms with Gasteiger partial charge >= 0.3 is 0 Å². The summed E-state index contributed by atoms with van der Waals surface area (Å²) in [5.74, 6) is -0.758. The predicted molar refractivity (Wildman–Crippen MR) is 71.7 cm³/mol. The molecule has 2 rings (SSSR count). The van der Waals surface area contributed by atoms with Gasteiger partial charge < -0.3 is 10.0 Å². The van der Waals surface area contributed by atoms with Gasteiger partial charge in [-0.25, -0.2) is 4.39 Å². The van der Waals surface area contributed by atoms with Crippen molar-refractivity contribution in [1.82, 2.24) is 4.90 Å². The van der Waals surface area contributed by atoms with Crippen molar-refractivity contribution in [3.63, 3.8) is 0 Å². The maximum absolute atomic E-state index is 13.0. The highest BCUT2D eigenvalue weighted by molar-refractivity contribution is 6.33. The maximum atomic E-state index is 13.0. The Bertz CT molecular complexity index is 512. The summed E-state index contributed by atoms with van der Waals surface area (Å²) in [7, 11) is 0. The summed E-state index contributed by atoms with van der Waals surface area (Å²) in [6.07, 6.45) is 0. The molecular weight excluding hydrogens is 269 g/mol. The average Bonchev–Trinajstić information content (AvgIpc) is 2.47. The summed E-state index contributed by atoms with van der Waals surface area (Å²) in [6.45, 7) is 6.21. The molecule has 3 nitrogen and oxygen atoms in total. The summed E-state index contributed by atoms with van der Waals surface area (Å²) in [5, 5.41) is 10.4. The molecule has 1 saturated heterocycles. The second kappa shape index (κ2) is 4.46. The number of hydrogen-bond acceptors (Lipinski definition) is 2. The molecule has 1 aliphatic heterocycles. The van der Waals surface area contributed by atoms with Gasteiger partial charge in [-0.15, -0.1) is 0 Å². The predicted octanol–water partition coefficient (Wildman–Crippen LogP) is 2.71. The number of carbonyl (C=O) groups is 1. The molecule has 0 spiro atoms. The number of hydrogen-bond donors (Lipinski definition) is 1. The Hall–Kier alpha value is -1.13. The van der Waals surface area contributed by atoms with Gasteiger partial charge in [-0.3, -0.25) is 4.79 Å². The topological polar surface area (TPSA) is 40.5 Å². The standard InChI is InChI=1S/C14H17ClFNO2/c1-13(2)7-17(8-14(13,3)19)12(18)10-5-4-9(16)6-11(10)15/h4-6,19H,7-8H2,1-3H3/t14-/m0/s1. The second-order valence-corrected chi connectivity index (χ2v) is 6.35. The Morgan fingerprint density at radius 3 is 2.47 bits per heavy atom. The summed E-state index contributed by atoms with van der Waals surface area (Å²) < 4.78 is 13.0. The fourth-order valence-electron chi connectivity index (χ4n) is 2.27. The Morgan fingerprint density at radius 1 is 1.37 bits per heavy atom. The van der Waals surface area contributed by atoms with Gasteiger partial charge in [0.15, 0.2) is 0 Å². The van der Waals surface area contributed by atoms with Crippen molar-refractivity contribution in [3.8, 4) is 0 Å². The molecular formula is C14H17ClFNO2. The van der Waals surface area contributed by atoms with Gasteiger partial charge in [-0.05, 0) is 25.1 Å².